The molecule has 3 rings (SSSR count). The van der Waals surface area contributed by atoms with Crippen LogP contribution in [0, 0.1) is 0 Å². The number of urea groups is 1. The van der Waals surface area contributed by atoms with Gasteiger partial charge in [-0.2, -0.15) is 0 Å². The van der Waals surface area contributed by atoms with E-state index in [1.165, 1.54) is 0 Å². The molecule has 0 aliphatic carbocycles. The number of methoxy groups -OCH3 is 2. The SMILES string of the molecule is COc1ccc(NC(=O)N2CCSc3ccccc32)c(OC)c1. The number of thioether (sulfide) groups is 1. The Hall–Kier alpha value is -2.34. The van der Waals surface area contributed by atoms with Gasteiger partial charge in [0.05, 0.1) is 25.6 Å². The van der Waals surface area contributed by atoms with E-state index in [1.54, 1.807) is 49.1 Å². The lowest BCUT2D eigenvalue weighted by Gasteiger charge is -2.29. The molecule has 1 aliphatic heterocycles. The van der Waals surface area contributed by atoms with E-state index in [9.17, 15) is 4.79 Å². The Balaban J connectivity index is 1.83. The van der Waals surface area contributed by atoms with Crippen molar-refractivity contribution >= 4 is 29.2 Å². The lowest BCUT2D eigenvalue weighted by Crippen LogP contribution is -2.38. The van der Waals surface area contributed by atoms with Crippen molar-refractivity contribution in [3.63, 3.8) is 0 Å². The van der Waals surface area contributed by atoms with E-state index in [1.807, 2.05) is 24.3 Å². The number of anilines is 2. The van der Waals surface area contributed by atoms with Gasteiger partial charge in [0.25, 0.3) is 0 Å². The van der Waals surface area contributed by atoms with Gasteiger partial charge in [0.1, 0.15) is 11.5 Å². The number of amides is 2. The molecule has 0 aromatic heterocycles. The Bertz CT molecular complexity index is 721. The summed E-state index contributed by atoms with van der Waals surface area (Å²) in [5, 5.41) is 2.92. The Morgan fingerprint density at radius 3 is 2.78 bits per heavy atom. The van der Waals surface area contributed by atoms with Crippen molar-refractivity contribution in [2.75, 3.05) is 36.7 Å². The van der Waals surface area contributed by atoms with Crippen LogP contribution in [0.1, 0.15) is 0 Å². The largest absolute Gasteiger partial charge is 0.497 e. The maximum atomic E-state index is 12.7. The molecule has 0 bridgehead atoms. The number of ether oxygens (including phenoxy) is 2. The molecule has 0 fully saturated rings. The number of fused-ring (bicyclic) bond motifs is 1. The molecular formula is C17H18N2O3S. The first kappa shape index (κ1) is 15.6. The van der Waals surface area contributed by atoms with E-state index in [4.69, 9.17) is 9.47 Å². The van der Waals surface area contributed by atoms with Gasteiger partial charge in [-0.1, -0.05) is 12.1 Å². The molecule has 1 N–H and O–H groups in total. The highest BCUT2D eigenvalue weighted by molar-refractivity contribution is 7.99. The molecule has 23 heavy (non-hydrogen) atoms. The first-order valence-corrected chi connectivity index (χ1v) is 8.24. The average molecular weight is 330 g/mol. The van der Waals surface area contributed by atoms with Gasteiger partial charge in [-0.15, -0.1) is 11.8 Å². The lowest BCUT2D eigenvalue weighted by atomic mass is 10.2. The number of hydrogen-bond donors (Lipinski definition) is 1. The molecule has 2 aromatic rings. The predicted octanol–water partition coefficient (Wildman–Crippen LogP) is 3.85. The molecule has 0 unspecified atom stereocenters. The molecule has 6 heteroatoms. The summed E-state index contributed by atoms with van der Waals surface area (Å²) in [7, 11) is 3.16. The van der Waals surface area contributed by atoms with E-state index in [0.717, 1.165) is 16.3 Å². The van der Waals surface area contributed by atoms with Crippen molar-refractivity contribution in [3.05, 3.63) is 42.5 Å². The molecule has 5 nitrogen and oxygen atoms in total. The number of carbonyl (C=O) groups is 1. The number of para-hydroxylation sites is 1. The van der Waals surface area contributed by atoms with Crippen LogP contribution in [0.4, 0.5) is 16.2 Å². The molecule has 2 aromatic carbocycles. The van der Waals surface area contributed by atoms with Crippen LogP contribution >= 0.6 is 11.8 Å². The van der Waals surface area contributed by atoms with Crippen molar-refractivity contribution in [2.45, 2.75) is 4.90 Å². The molecule has 120 valence electrons. The van der Waals surface area contributed by atoms with Gasteiger partial charge >= 0.3 is 6.03 Å². The summed E-state index contributed by atoms with van der Waals surface area (Å²) in [6.45, 7) is 0.673. The smallest absolute Gasteiger partial charge is 0.326 e. The topological polar surface area (TPSA) is 50.8 Å². The lowest BCUT2D eigenvalue weighted by molar-refractivity contribution is 0.257. The highest BCUT2D eigenvalue weighted by atomic mass is 32.2. The second-order valence-corrected chi connectivity index (χ2v) is 6.10. The van der Waals surface area contributed by atoms with Crippen molar-refractivity contribution in [1.82, 2.24) is 0 Å². The number of carbonyl (C=O) groups excluding carboxylic acids is 1. The van der Waals surface area contributed by atoms with Crippen LogP contribution in [0.3, 0.4) is 0 Å². The molecule has 0 saturated heterocycles. The quantitative estimate of drug-likeness (QED) is 0.929. The minimum Gasteiger partial charge on any atom is -0.497 e. The fraction of sp³-hybridized carbons (Fsp3) is 0.235. The molecule has 0 saturated carbocycles. The molecular weight excluding hydrogens is 312 g/mol. The van der Waals surface area contributed by atoms with Gasteiger partial charge in [-0.05, 0) is 24.3 Å². The van der Waals surface area contributed by atoms with E-state index in [2.05, 4.69) is 5.32 Å². The third-order valence-electron chi connectivity index (χ3n) is 3.62. The van der Waals surface area contributed by atoms with Crippen molar-refractivity contribution in [2.24, 2.45) is 0 Å². The zero-order valence-electron chi connectivity index (χ0n) is 13.0. The van der Waals surface area contributed by atoms with Gasteiger partial charge in [0, 0.05) is 23.3 Å². The molecule has 2 amide bonds. The number of rotatable bonds is 3. The van der Waals surface area contributed by atoms with Gasteiger partial charge in [0.2, 0.25) is 0 Å². The van der Waals surface area contributed by atoms with Crippen LogP contribution in [0.2, 0.25) is 0 Å². The minimum absolute atomic E-state index is 0.166. The van der Waals surface area contributed by atoms with E-state index in [0.29, 0.717) is 23.7 Å². The van der Waals surface area contributed by atoms with Gasteiger partial charge in [-0.25, -0.2) is 4.79 Å². The minimum atomic E-state index is -0.166. The fourth-order valence-corrected chi connectivity index (χ4v) is 3.46. The monoisotopic (exact) mass is 330 g/mol. The summed E-state index contributed by atoms with van der Waals surface area (Å²) in [6, 6.07) is 13.1. The van der Waals surface area contributed by atoms with Crippen LogP contribution in [-0.4, -0.2) is 32.5 Å². The molecule has 0 radical (unpaired) electrons. The van der Waals surface area contributed by atoms with Crippen LogP contribution in [-0.2, 0) is 0 Å². The Morgan fingerprint density at radius 1 is 1.17 bits per heavy atom. The summed E-state index contributed by atoms with van der Waals surface area (Å²) in [5.41, 5.74) is 1.56. The van der Waals surface area contributed by atoms with E-state index in [-0.39, 0.29) is 6.03 Å². The Morgan fingerprint density at radius 2 is 2.00 bits per heavy atom. The number of nitrogens with one attached hydrogen (secondary N) is 1. The Kier molecular flexibility index (Phi) is 4.62. The fourth-order valence-electron chi connectivity index (χ4n) is 2.46. The molecule has 0 atom stereocenters. The second-order valence-electron chi connectivity index (χ2n) is 4.96. The zero-order valence-corrected chi connectivity index (χ0v) is 13.9. The highest BCUT2D eigenvalue weighted by Crippen LogP contribution is 2.35. The van der Waals surface area contributed by atoms with Crippen molar-refractivity contribution in [1.29, 1.82) is 0 Å². The third-order valence-corrected chi connectivity index (χ3v) is 4.67. The van der Waals surface area contributed by atoms with E-state index >= 15 is 0 Å². The highest BCUT2D eigenvalue weighted by Gasteiger charge is 2.23. The van der Waals surface area contributed by atoms with Crippen LogP contribution in [0.25, 0.3) is 0 Å². The van der Waals surface area contributed by atoms with Gasteiger partial charge in [-0.3, -0.25) is 4.90 Å². The first-order valence-electron chi connectivity index (χ1n) is 7.25. The predicted molar refractivity (Wildman–Crippen MR) is 93.1 cm³/mol. The van der Waals surface area contributed by atoms with Gasteiger partial charge in [0.15, 0.2) is 0 Å². The zero-order chi connectivity index (χ0) is 16.2. The molecule has 1 aliphatic rings. The van der Waals surface area contributed by atoms with E-state index < -0.39 is 0 Å². The summed E-state index contributed by atoms with van der Waals surface area (Å²) in [4.78, 5) is 15.6. The average Bonchev–Trinajstić information content (AvgIpc) is 2.61. The summed E-state index contributed by atoms with van der Waals surface area (Å²) < 4.78 is 10.5. The summed E-state index contributed by atoms with van der Waals surface area (Å²) in [5.74, 6) is 2.13. The van der Waals surface area contributed by atoms with Crippen molar-refractivity contribution in [3.8, 4) is 11.5 Å². The second kappa shape index (κ2) is 6.83. The number of hydrogen-bond acceptors (Lipinski definition) is 4. The summed E-state index contributed by atoms with van der Waals surface area (Å²) >= 11 is 1.77. The number of nitrogens with zero attached hydrogens (tertiary/aromatic N) is 1. The maximum absolute atomic E-state index is 12.7. The molecule has 0 spiro atoms. The summed E-state index contributed by atoms with van der Waals surface area (Å²) in [6.07, 6.45) is 0. The van der Waals surface area contributed by atoms with Gasteiger partial charge < -0.3 is 14.8 Å². The van der Waals surface area contributed by atoms with Crippen LogP contribution < -0.4 is 19.7 Å². The standard InChI is InChI=1S/C17H18N2O3S/c1-21-12-7-8-13(15(11-12)22-2)18-17(20)19-9-10-23-16-6-4-3-5-14(16)19/h3-8,11H,9-10H2,1-2H3,(H,18,20). The molecule has 1 heterocycles. The van der Waals surface area contributed by atoms with Crippen LogP contribution in [0.5, 0.6) is 11.5 Å². The normalized spacial score (nSPS) is 13.2. The third kappa shape index (κ3) is 3.22. The maximum Gasteiger partial charge on any atom is 0.326 e. The van der Waals surface area contributed by atoms with Crippen LogP contribution in [0.15, 0.2) is 47.4 Å². The number of benzene rings is 2. The Labute approximate surface area is 139 Å². The first-order chi connectivity index (χ1) is 11.2. The van der Waals surface area contributed by atoms with Crippen molar-refractivity contribution < 1.29 is 14.3 Å².